The third kappa shape index (κ3) is 2.99. The van der Waals surface area contributed by atoms with Crippen LogP contribution < -0.4 is 5.32 Å². The summed E-state index contributed by atoms with van der Waals surface area (Å²) in [5, 5.41) is 12.0. The fraction of sp³-hybridized carbons (Fsp3) is 0.467. The number of amides is 1. The number of rotatable bonds is 5. The molecule has 20 heavy (non-hydrogen) atoms. The number of pyridine rings is 1. The van der Waals surface area contributed by atoms with Crippen LogP contribution in [-0.2, 0) is 0 Å². The zero-order chi connectivity index (χ0) is 14.7. The van der Waals surface area contributed by atoms with Crippen molar-refractivity contribution in [2.24, 2.45) is 5.92 Å². The molecule has 2 aromatic heterocycles. The van der Waals surface area contributed by atoms with Gasteiger partial charge in [-0.2, -0.15) is 0 Å². The number of imidazole rings is 1. The van der Waals surface area contributed by atoms with Gasteiger partial charge in [0.25, 0.3) is 5.91 Å². The van der Waals surface area contributed by atoms with E-state index >= 15 is 0 Å². The summed E-state index contributed by atoms with van der Waals surface area (Å²) in [5.74, 6) is 0.0742. The highest BCUT2D eigenvalue weighted by Crippen LogP contribution is 2.10. The molecule has 0 aliphatic heterocycles. The first-order valence-electron chi connectivity index (χ1n) is 6.89. The summed E-state index contributed by atoms with van der Waals surface area (Å²) in [4.78, 5) is 16.6. The summed E-state index contributed by atoms with van der Waals surface area (Å²) in [6.45, 7) is 6.08. The van der Waals surface area contributed by atoms with Crippen molar-refractivity contribution in [2.75, 3.05) is 6.61 Å². The molecule has 0 aliphatic rings. The summed E-state index contributed by atoms with van der Waals surface area (Å²) in [6, 6.07) is 5.72. The smallest absolute Gasteiger partial charge is 0.271 e. The number of aromatic nitrogens is 2. The van der Waals surface area contributed by atoms with E-state index in [1.807, 2.05) is 43.4 Å². The molecule has 0 aliphatic carbocycles. The molecule has 2 aromatic rings. The van der Waals surface area contributed by atoms with E-state index in [1.54, 1.807) is 6.20 Å². The van der Waals surface area contributed by atoms with Gasteiger partial charge in [-0.15, -0.1) is 0 Å². The minimum absolute atomic E-state index is 0.0431. The summed E-state index contributed by atoms with van der Waals surface area (Å²) in [6.07, 6.45) is 2.30. The molecule has 1 amide bonds. The first-order valence-corrected chi connectivity index (χ1v) is 6.89. The maximum absolute atomic E-state index is 12.2. The second kappa shape index (κ2) is 6.05. The van der Waals surface area contributed by atoms with Gasteiger partial charge >= 0.3 is 0 Å². The number of carbonyl (C=O) groups is 1. The monoisotopic (exact) mass is 275 g/mol. The number of aryl methyl sites for hydroxylation is 1. The number of fused-ring (bicyclic) bond motifs is 1. The fourth-order valence-corrected chi connectivity index (χ4v) is 2.21. The third-order valence-corrected chi connectivity index (χ3v) is 3.49. The Balaban J connectivity index is 2.20. The summed E-state index contributed by atoms with van der Waals surface area (Å²) < 4.78 is 1.89. The van der Waals surface area contributed by atoms with E-state index in [-0.39, 0.29) is 24.5 Å². The zero-order valence-corrected chi connectivity index (χ0v) is 12.1. The predicted octanol–water partition coefficient (Wildman–Crippen LogP) is 1.78. The third-order valence-electron chi connectivity index (χ3n) is 3.49. The molecule has 0 spiro atoms. The molecule has 2 heterocycles. The molecule has 2 N–H and O–H groups in total. The molecule has 0 saturated heterocycles. The van der Waals surface area contributed by atoms with E-state index in [9.17, 15) is 4.79 Å². The Morgan fingerprint density at radius 2 is 2.20 bits per heavy atom. The van der Waals surface area contributed by atoms with Crippen LogP contribution in [0.5, 0.6) is 0 Å². The van der Waals surface area contributed by atoms with Gasteiger partial charge < -0.3 is 14.8 Å². The maximum Gasteiger partial charge on any atom is 0.271 e. The molecule has 1 unspecified atom stereocenters. The Hall–Kier alpha value is -1.88. The van der Waals surface area contributed by atoms with E-state index < -0.39 is 0 Å². The molecule has 0 radical (unpaired) electrons. The highest BCUT2D eigenvalue weighted by molar-refractivity contribution is 5.93. The van der Waals surface area contributed by atoms with Crippen molar-refractivity contribution in [1.82, 2.24) is 14.7 Å². The van der Waals surface area contributed by atoms with Crippen LogP contribution >= 0.6 is 0 Å². The summed E-state index contributed by atoms with van der Waals surface area (Å²) >= 11 is 0. The lowest BCUT2D eigenvalue weighted by Crippen LogP contribution is -2.39. The topological polar surface area (TPSA) is 66.6 Å². The largest absolute Gasteiger partial charge is 0.396 e. The van der Waals surface area contributed by atoms with Gasteiger partial charge in [-0.1, -0.05) is 19.9 Å². The number of nitrogens with zero attached hydrogens (tertiary/aromatic N) is 2. The zero-order valence-electron chi connectivity index (χ0n) is 12.1. The quantitative estimate of drug-likeness (QED) is 0.874. The van der Waals surface area contributed by atoms with Gasteiger partial charge in [0.2, 0.25) is 0 Å². The van der Waals surface area contributed by atoms with E-state index in [1.165, 1.54) is 0 Å². The standard InChI is InChI=1S/C15H21N3O2/c1-10(2)12(7-8-19)17-15(20)13-9-18-11(3)5-4-6-14(18)16-13/h4-6,9-10,12,19H,7-8H2,1-3H3,(H,17,20). The molecule has 1 atom stereocenters. The maximum atomic E-state index is 12.2. The van der Waals surface area contributed by atoms with Gasteiger partial charge in [-0.3, -0.25) is 4.79 Å². The van der Waals surface area contributed by atoms with Crippen molar-refractivity contribution in [3.8, 4) is 0 Å². The van der Waals surface area contributed by atoms with Crippen molar-refractivity contribution < 1.29 is 9.90 Å². The van der Waals surface area contributed by atoms with Gasteiger partial charge in [-0.25, -0.2) is 4.98 Å². The number of hydrogen-bond acceptors (Lipinski definition) is 3. The molecule has 5 nitrogen and oxygen atoms in total. The van der Waals surface area contributed by atoms with Gasteiger partial charge in [0.05, 0.1) is 0 Å². The number of aliphatic hydroxyl groups excluding tert-OH is 1. The molecule has 0 saturated carbocycles. The second-order valence-corrected chi connectivity index (χ2v) is 5.36. The summed E-state index contributed by atoms with van der Waals surface area (Å²) in [7, 11) is 0. The van der Waals surface area contributed by atoms with Crippen LogP contribution in [0.15, 0.2) is 24.4 Å². The lowest BCUT2D eigenvalue weighted by Gasteiger charge is -2.20. The number of aliphatic hydroxyl groups is 1. The SMILES string of the molecule is Cc1cccc2nc(C(=O)NC(CCO)C(C)C)cn12. The Labute approximate surface area is 118 Å². The minimum atomic E-state index is -0.194. The summed E-state index contributed by atoms with van der Waals surface area (Å²) in [5.41, 5.74) is 2.20. The Morgan fingerprint density at radius 1 is 1.45 bits per heavy atom. The molecular formula is C15H21N3O2. The van der Waals surface area contributed by atoms with Crippen molar-refractivity contribution in [3.63, 3.8) is 0 Å². The predicted molar refractivity (Wildman–Crippen MR) is 77.7 cm³/mol. The average Bonchev–Trinajstić information content (AvgIpc) is 2.83. The van der Waals surface area contributed by atoms with E-state index in [2.05, 4.69) is 10.3 Å². The first kappa shape index (κ1) is 14.5. The van der Waals surface area contributed by atoms with Gasteiger partial charge in [0, 0.05) is 24.5 Å². The molecular weight excluding hydrogens is 254 g/mol. The fourth-order valence-electron chi connectivity index (χ4n) is 2.21. The van der Waals surface area contributed by atoms with Gasteiger partial charge in [0.1, 0.15) is 11.3 Å². The van der Waals surface area contributed by atoms with Crippen molar-refractivity contribution in [1.29, 1.82) is 0 Å². The van der Waals surface area contributed by atoms with E-state index in [4.69, 9.17) is 5.11 Å². The highest BCUT2D eigenvalue weighted by atomic mass is 16.3. The number of carbonyl (C=O) groups excluding carboxylic acids is 1. The van der Waals surface area contributed by atoms with E-state index in [0.29, 0.717) is 12.1 Å². The Kier molecular flexibility index (Phi) is 4.39. The average molecular weight is 275 g/mol. The van der Waals surface area contributed by atoms with Crippen LogP contribution in [-0.4, -0.2) is 33.0 Å². The highest BCUT2D eigenvalue weighted by Gasteiger charge is 2.18. The Bertz CT molecular complexity index is 604. The first-order chi connectivity index (χ1) is 9.52. The molecule has 0 aromatic carbocycles. The van der Waals surface area contributed by atoms with Crippen LogP contribution in [0.25, 0.3) is 5.65 Å². The lowest BCUT2D eigenvalue weighted by molar-refractivity contribution is 0.0912. The van der Waals surface area contributed by atoms with Crippen LogP contribution in [0.4, 0.5) is 0 Å². The van der Waals surface area contributed by atoms with Gasteiger partial charge in [-0.05, 0) is 31.4 Å². The van der Waals surface area contributed by atoms with Crippen LogP contribution in [0, 0.1) is 12.8 Å². The van der Waals surface area contributed by atoms with E-state index in [0.717, 1.165) is 11.3 Å². The van der Waals surface area contributed by atoms with Crippen molar-refractivity contribution in [3.05, 3.63) is 35.8 Å². The minimum Gasteiger partial charge on any atom is -0.396 e. The lowest BCUT2D eigenvalue weighted by atomic mass is 10.0. The molecule has 2 rings (SSSR count). The number of nitrogens with one attached hydrogen (secondary N) is 1. The van der Waals surface area contributed by atoms with Gasteiger partial charge in [0.15, 0.2) is 0 Å². The normalized spacial score (nSPS) is 12.8. The molecule has 0 fully saturated rings. The van der Waals surface area contributed by atoms with Crippen LogP contribution in [0.3, 0.4) is 0 Å². The van der Waals surface area contributed by atoms with Crippen molar-refractivity contribution in [2.45, 2.75) is 33.2 Å². The van der Waals surface area contributed by atoms with Crippen LogP contribution in [0.1, 0.15) is 36.5 Å². The Morgan fingerprint density at radius 3 is 2.80 bits per heavy atom. The van der Waals surface area contributed by atoms with Crippen LogP contribution in [0.2, 0.25) is 0 Å². The molecule has 108 valence electrons. The number of hydrogen-bond donors (Lipinski definition) is 2. The molecule has 5 heteroatoms. The second-order valence-electron chi connectivity index (χ2n) is 5.36. The van der Waals surface area contributed by atoms with Crippen molar-refractivity contribution >= 4 is 11.6 Å². The molecule has 0 bridgehead atoms.